The van der Waals surface area contributed by atoms with E-state index in [-0.39, 0.29) is 5.82 Å². The molecule has 0 bridgehead atoms. The van der Waals surface area contributed by atoms with Crippen molar-refractivity contribution in [1.82, 2.24) is 15.0 Å². The highest BCUT2D eigenvalue weighted by Gasteiger charge is 2.22. The third kappa shape index (κ3) is 2.79. The molecule has 1 fully saturated rings. The minimum Gasteiger partial charge on any atom is -0.368 e. The number of hydrogen-bond donors (Lipinski definition) is 0. The number of halogens is 1. The Morgan fingerprint density at radius 3 is 2.38 bits per heavy atom. The van der Waals surface area contributed by atoms with Gasteiger partial charge in [-0.05, 0) is 18.6 Å². The van der Waals surface area contributed by atoms with Crippen molar-refractivity contribution in [3.8, 4) is 0 Å². The van der Waals surface area contributed by atoms with Crippen molar-refractivity contribution in [2.45, 2.75) is 13.3 Å². The van der Waals surface area contributed by atoms with Crippen LogP contribution in [0.5, 0.6) is 0 Å². The van der Waals surface area contributed by atoms with Crippen LogP contribution >= 0.6 is 0 Å². The molecule has 110 valence electrons. The van der Waals surface area contributed by atoms with Crippen LogP contribution in [0.1, 0.15) is 12.6 Å². The summed E-state index contributed by atoms with van der Waals surface area (Å²) in [6, 6.07) is 3.99. The smallest absolute Gasteiger partial charge is 0.187 e. The van der Waals surface area contributed by atoms with Gasteiger partial charge in [0.1, 0.15) is 6.33 Å². The van der Waals surface area contributed by atoms with E-state index in [0.717, 1.165) is 31.9 Å². The van der Waals surface area contributed by atoms with E-state index < -0.39 is 0 Å². The van der Waals surface area contributed by atoms with Gasteiger partial charge in [0, 0.05) is 44.3 Å². The van der Waals surface area contributed by atoms with Crippen LogP contribution in [0, 0.1) is 5.82 Å². The van der Waals surface area contributed by atoms with Gasteiger partial charge >= 0.3 is 0 Å². The summed E-state index contributed by atoms with van der Waals surface area (Å²) >= 11 is 0. The van der Waals surface area contributed by atoms with Crippen LogP contribution in [0.2, 0.25) is 0 Å². The molecule has 3 rings (SSSR count). The van der Waals surface area contributed by atoms with Crippen LogP contribution < -0.4 is 9.80 Å². The molecule has 1 aliphatic heterocycles. The van der Waals surface area contributed by atoms with Crippen molar-refractivity contribution in [3.63, 3.8) is 0 Å². The maximum Gasteiger partial charge on any atom is 0.187 e. The standard InChI is InChI=1S/C15H18FN5/c1-2-13-14(16)15(19-11-18-13)21-9-7-20(8-10-21)12-3-5-17-6-4-12/h3-6,11H,2,7-10H2,1H3. The average Bonchev–Trinajstić information content (AvgIpc) is 2.56. The second kappa shape index (κ2) is 6.03. The second-order valence-corrected chi connectivity index (χ2v) is 4.99. The van der Waals surface area contributed by atoms with Crippen LogP contribution in [0.4, 0.5) is 15.9 Å². The minimum atomic E-state index is -0.280. The maximum atomic E-state index is 14.3. The molecule has 2 aromatic rings. The van der Waals surface area contributed by atoms with Gasteiger partial charge in [0.15, 0.2) is 11.6 Å². The lowest BCUT2D eigenvalue weighted by atomic mass is 10.2. The van der Waals surface area contributed by atoms with Gasteiger partial charge in [0.2, 0.25) is 0 Å². The summed E-state index contributed by atoms with van der Waals surface area (Å²) in [7, 11) is 0. The van der Waals surface area contributed by atoms with E-state index in [1.165, 1.54) is 6.33 Å². The molecular weight excluding hydrogens is 269 g/mol. The molecule has 0 aliphatic carbocycles. The van der Waals surface area contributed by atoms with Crippen LogP contribution in [0.3, 0.4) is 0 Å². The van der Waals surface area contributed by atoms with Crippen LogP contribution in [-0.2, 0) is 6.42 Å². The predicted molar refractivity (Wildman–Crippen MR) is 80.0 cm³/mol. The molecular formula is C15H18FN5. The molecule has 0 radical (unpaired) electrons. The molecule has 5 nitrogen and oxygen atoms in total. The fraction of sp³-hybridized carbons (Fsp3) is 0.400. The zero-order valence-corrected chi connectivity index (χ0v) is 12.0. The van der Waals surface area contributed by atoms with Crippen molar-refractivity contribution in [1.29, 1.82) is 0 Å². The molecule has 0 saturated carbocycles. The number of hydrogen-bond acceptors (Lipinski definition) is 5. The summed E-state index contributed by atoms with van der Waals surface area (Å²) in [4.78, 5) is 16.4. The summed E-state index contributed by atoms with van der Waals surface area (Å²) in [6.45, 7) is 5.08. The largest absolute Gasteiger partial charge is 0.368 e. The summed E-state index contributed by atoms with van der Waals surface area (Å²) in [5.41, 5.74) is 1.64. The van der Waals surface area contributed by atoms with Crippen molar-refractivity contribution in [2.75, 3.05) is 36.0 Å². The molecule has 0 atom stereocenters. The van der Waals surface area contributed by atoms with Gasteiger partial charge in [0.05, 0.1) is 5.69 Å². The van der Waals surface area contributed by atoms with E-state index >= 15 is 0 Å². The number of nitrogens with zero attached hydrogens (tertiary/aromatic N) is 5. The van der Waals surface area contributed by atoms with Crippen LogP contribution in [-0.4, -0.2) is 41.1 Å². The molecule has 1 aliphatic rings. The average molecular weight is 287 g/mol. The number of aryl methyl sites for hydroxylation is 1. The topological polar surface area (TPSA) is 45.2 Å². The lowest BCUT2D eigenvalue weighted by Crippen LogP contribution is -2.47. The van der Waals surface area contributed by atoms with Crippen molar-refractivity contribution in [2.24, 2.45) is 0 Å². The number of rotatable bonds is 3. The lowest BCUT2D eigenvalue weighted by molar-refractivity contribution is 0.569. The summed E-state index contributed by atoms with van der Waals surface area (Å²) in [5, 5.41) is 0. The lowest BCUT2D eigenvalue weighted by Gasteiger charge is -2.36. The first-order valence-electron chi connectivity index (χ1n) is 7.19. The predicted octanol–water partition coefficient (Wildman–Crippen LogP) is 1.90. The van der Waals surface area contributed by atoms with Gasteiger partial charge in [-0.15, -0.1) is 0 Å². The van der Waals surface area contributed by atoms with Gasteiger partial charge < -0.3 is 9.80 Å². The number of anilines is 2. The van der Waals surface area contributed by atoms with Crippen molar-refractivity contribution >= 4 is 11.5 Å². The van der Waals surface area contributed by atoms with Crippen LogP contribution in [0.15, 0.2) is 30.9 Å². The van der Waals surface area contributed by atoms with Crippen LogP contribution in [0.25, 0.3) is 0 Å². The third-order valence-electron chi connectivity index (χ3n) is 3.79. The quantitative estimate of drug-likeness (QED) is 0.863. The summed E-state index contributed by atoms with van der Waals surface area (Å²) in [5.74, 6) is 0.147. The monoisotopic (exact) mass is 287 g/mol. The van der Waals surface area contributed by atoms with Gasteiger partial charge in [-0.1, -0.05) is 6.92 Å². The number of piperazine rings is 1. The molecule has 0 unspecified atom stereocenters. The van der Waals surface area contributed by atoms with Gasteiger partial charge in [-0.25, -0.2) is 14.4 Å². The molecule has 6 heteroatoms. The zero-order chi connectivity index (χ0) is 14.7. The van der Waals surface area contributed by atoms with E-state index in [0.29, 0.717) is 17.9 Å². The first kappa shape index (κ1) is 13.7. The van der Waals surface area contributed by atoms with E-state index in [4.69, 9.17) is 0 Å². The summed E-state index contributed by atoms with van der Waals surface area (Å²) in [6.07, 6.45) is 5.61. The summed E-state index contributed by atoms with van der Waals surface area (Å²) < 4.78 is 14.3. The van der Waals surface area contributed by atoms with Gasteiger partial charge in [0.25, 0.3) is 0 Å². The molecule has 0 spiro atoms. The number of pyridine rings is 1. The Morgan fingerprint density at radius 2 is 1.71 bits per heavy atom. The van der Waals surface area contributed by atoms with Gasteiger partial charge in [-0.2, -0.15) is 0 Å². The third-order valence-corrected chi connectivity index (χ3v) is 3.79. The maximum absolute atomic E-state index is 14.3. The molecule has 0 amide bonds. The molecule has 0 aromatic carbocycles. The van der Waals surface area contributed by atoms with E-state index in [9.17, 15) is 4.39 Å². The fourth-order valence-corrected chi connectivity index (χ4v) is 2.59. The van der Waals surface area contributed by atoms with Gasteiger partial charge in [-0.3, -0.25) is 4.98 Å². The van der Waals surface area contributed by atoms with E-state index in [1.54, 1.807) is 12.4 Å². The van der Waals surface area contributed by atoms with E-state index in [2.05, 4.69) is 19.9 Å². The molecule has 0 N–H and O–H groups in total. The molecule has 2 aromatic heterocycles. The minimum absolute atomic E-state index is 0.280. The molecule has 21 heavy (non-hydrogen) atoms. The highest BCUT2D eigenvalue weighted by atomic mass is 19.1. The normalized spacial score (nSPS) is 15.3. The van der Waals surface area contributed by atoms with Crippen molar-refractivity contribution < 1.29 is 4.39 Å². The highest BCUT2D eigenvalue weighted by Crippen LogP contribution is 2.21. The first-order chi connectivity index (χ1) is 10.3. The molecule has 1 saturated heterocycles. The Labute approximate surface area is 123 Å². The Bertz CT molecular complexity index is 596. The fourth-order valence-electron chi connectivity index (χ4n) is 2.59. The Hall–Kier alpha value is -2.24. The second-order valence-electron chi connectivity index (χ2n) is 4.99. The Morgan fingerprint density at radius 1 is 1.05 bits per heavy atom. The van der Waals surface area contributed by atoms with E-state index in [1.807, 2.05) is 24.0 Å². The number of aromatic nitrogens is 3. The first-order valence-corrected chi connectivity index (χ1v) is 7.19. The Balaban J connectivity index is 1.72. The van der Waals surface area contributed by atoms with Crippen molar-refractivity contribution in [3.05, 3.63) is 42.4 Å². The molecule has 3 heterocycles. The zero-order valence-electron chi connectivity index (χ0n) is 12.0. The Kier molecular flexibility index (Phi) is 3.94. The highest BCUT2D eigenvalue weighted by molar-refractivity contribution is 5.48. The SMILES string of the molecule is CCc1ncnc(N2CCN(c3ccncc3)CC2)c1F.